The summed E-state index contributed by atoms with van der Waals surface area (Å²) in [6.07, 6.45) is 9.30. The van der Waals surface area contributed by atoms with Crippen LogP contribution in [0, 0.1) is 0 Å². The van der Waals surface area contributed by atoms with Gasteiger partial charge in [0.05, 0.1) is 31.9 Å². The van der Waals surface area contributed by atoms with Gasteiger partial charge < -0.3 is 0 Å². The predicted octanol–water partition coefficient (Wildman–Crippen LogP) is 5.75. The molecule has 0 aromatic heterocycles. The van der Waals surface area contributed by atoms with Crippen LogP contribution >= 0.6 is 0 Å². The van der Waals surface area contributed by atoms with Gasteiger partial charge in [0.2, 0.25) is 0 Å². The number of hydrogen-bond donors (Lipinski definition) is 0. The zero-order chi connectivity index (χ0) is 25.0. The summed E-state index contributed by atoms with van der Waals surface area (Å²) in [6, 6.07) is 3.46. The highest BCUT2D eigenvalue weighted by atomic mass is 32.2. The fraction of sp³-hybridized carbons (Fsp3) is 0.750. The number of sulfone groups is 3. The minimum atomic E-state index is -3.79. The van der Waals surface area contributed by atoms with Crippen molar-refractivity contribution in [2.24, 2.45) is 0 Å². The average molecular weight is 523 g/mol. The average Bonchev–Trinajstić information content (AvgIpc) is 2.77. The van der Waals surface area contributed by atoms with Gasteiger partial charge in [-0.25, -0.2) is 25.3 Å². The maximum atomic E-state index is 13.0. The zero-order valence-corrected chi connectivity index (χ0v) is 23.0. The van der Waals surface area contributed by atoms with Crippen LogP contribution in [0.5, 0.6) is 0 Å². The highest BCUT2D eigenvalue weighted by Gasteiger charge is 2.25. The Kier molecular flexibility index (Phi) is 13.2. The summed E-state index contributed by atoms with van der Waals surface area (Å²) >= 11 is 0. The SMILES string of the molecule is CCCCCCS(=O)(=O)c1cc(S(=O)(=O)CCCCCC)cc(S(=O)(=O)CCCCCC)c1. The zero-order valence-electron chi connectivity index (χ0n) is 20.5. The molecule has 0 saturated carbocycles. The van der Waals surface area contributed by atoms with Crippen LogP contribution in [0.25, 0.3) is 0 Å². The minimum Gasteiger partial charge on any atom is -0.224 e. The third-order valence-corrected chi connectivity index (χ3v) is 11.1. The number of unbranched alkanes of at least 4 members (excludes halogenated alkanes) is 9. The van der Waals surface area contributed by atoms with Crippen molar-refractivity contribution >= 4 is 29.5 Å². The van der Waals surface area contributed by atoms with Gasteiger partial charge in [0.25, 0.3) is 0 Å². The molecule has 0 unspecified atom stereocenters. The van der Waals surface area contributed by atoms with E-state index < -0.39 is 29.5 Å². The highest BCUT2D eigenvalue weighted by molar-refractivity contribution is 7.93. The van der Waals surface area contributed by atoms with Gasteiger partial charge in [0.15, 0.2) is 29.5 Å². The third kappa shape index (κ3) is 10.5. The van der Waals surface area contributed by atoms with E-state index in [0.717, 1.165) is 76.0 Å². The normalized spacial score (nSPS) is 12.8. The minimum absolute atomic E-state index is 0.122. The lowest BCUT2D eigenvalue weighted by Crippen LogP contribution is -2.14. The molecule has 1 rings (SSSR count). The molecule has 192 valence electrons. The summed E-state index contributed by atoms with van der Waals surface area (Å²) in [4.78, 5) is -0.623. The lowest BCUT2D eigenvalue weighted by atomic mass is 10.2. The van der Waals surface area contributed by atoms with E-state index in [1.165, 1.54) is 0 Å². The van der Waals surface area contributed by atoms with Crippen molar-refractivity contribution < 1.29 is 25.3 Å². The van der Waals surface area contributed by atoms with E-state index >= 15 is 0 Å². The van der Waals surface area contributed by atoms with Gasteiger partial charge in [-0.3, -0.25) is 0 Å². The molecule has 9 heteroatoms. The monoisotopic (exact) mass is 522 g/mol. The molecule has 0 amide bonds. The van der Waals surface area contributed by atoms with Crippen molar-refractivity contribution in [1.82, 2.24) is 0 Å². The molecule has 0 aliphatic rings. The number of benzene rings is 1. The van der Waals surface area contributed by atoms with Crippen LogP contribution < -0.4 is 0 Å². The first kappa shape index (κ1) is 30.1. The Morgan fingerprint density at radius 1 is 0.424 bits per heavy atom. The van der Waals surface area contributed by atoms with Gasteiger partial charge in [0.1, 0.15) is 0 Å². The van der Waals surface area contributed by atoms with Gasteiger partial charge in [-0.15, -0.1) is 0 Å². The fourth-order valence-electron chi connectivity index (χ4n) is 3.59. The Morgan fingerprint density at radius 2 is 0.667 bits per heavy atom. The van der Waals surface area contributed by atoms with Crippen molar-refractivity contribution in [3.05, 3.63) is 18.2 Å². The van der Waals surface area contributed by atoms with Crippen LogP contribution in [0.4, 0.5) is 0 Å². The Hall–Kier alpha value is -0.930. The second kappa shape index (κ2) is 14.5. The number of hydrogen-bond acceptors (Lipinski definition) is 6. The molecule has 0 spiro atoms. The molecule has 1 aromatic carbocycles. The van der Waals surface area contributed by atoms with Crippen molar-refractivity contribution in [2.45, 2.75) is 113 Å². The Labute approximate surface area is 202 Å². The van der Waals surface area contributed by atoms with Crippen molar-refractivity contribution in [1.29, 1.82) is 0 Å². The van der Waals surface area contributed by atoms with Gasteiger partial charge in [-0.2, -0.15) is 0 Å². The molecule has 0 saturated heterocycles. The second-order valence-corrected chi connectivity index (χ2v) is 15.1. The molecule has 33 heavy (non-hydrogen) atoms. The van der Waals surface area contributed by atoms with Gasteiger partial charge in [0, 0.05) is 0 Å². The molecule has 0 aliphatic carbocycles. The molecule has 0 atom stereocenters. The van der Waals surface area contributed by atoms with Crippen LogP contribution in [0.2, 0.25) is 0 Å². The van der Waals surface area contributed by atoms with E-state index in [1.807, 2.05) is 20.8 Å². The molecular formula is C24H42O6S3. The van der Waals surface area contributed by atoms with E-state index in [4.69, 9.17) is 0 Å². The molecule has 0 aliphatic heterocycles. The smallest absolute Gasteiger partial charge is 0.178 e. The largest absolute Gasteiger partial charge is 0.224 e. The quantitative estimate of drug-likeness (QED) is 0.228. The molecule has 0 fully saturated rings. The van der Waals surface area contributed by atoms with Gasteiger partial charge in [-0.1, -0.05) is 78.6 Å². The summed E-state index contributed by atoms with van der Waals surface area (Å²) < 4.78 is 77.8. The predicted molar refractivity (Wildman–Crippen MR) is 135 cm³/mol. The van der Waals surface area contributed by atoms with Crippen LogP contribution in [-0.2, 0) is 29.5 Å². The van der Waals surface area contributed by atoms with Crippen molar-refractivity contribution in [3.8, 4) is 0 Å². The topological polar surface area (TPSA) is 102 Å². The summed E-state index contributed by atoms with van der Waals surface area (Å²) in [5, 5.41) is 0. The molecule has 0 bridgehead atoms. The van der Waals surface area contributed by atoms with E-state index in [9.17, 15) is 25.3 Å². The standard InChI is InChI=1S/C24H42O6S3/c1-4-7-10-13-16-31(25,26)22-19-23(32(27,28)17-14-11-8-5-2)21-24(20-22)33(29,30)18-15-12-9-6-3/h19-21H,4-18H2,1-3H3. The van der Waals surface area contributed by atoms with E-state index in [0.29, 0.717) is 19.3 Å². The highest BCUT2D eigenvalue weighted by Crippen LogP contribution is 2.26. The molecule has 0 N–H and O–H groups in total. The van der Waals surface area contributed by atoms with Crippen LogP contribution in [0.1, 0.15) is 97.8 Å². The summed E-state index contributed by atoms with van der Waals surface area (Å²) in [5.41, 5.74) is 0. The molecule has 1 aromatic rings. The van der Waals surface area contributed by atoms with Crippen molar-refractivity contribution in [2.75, 3.05) is 17.3 Å². The summed E-state index contributed by atoms with van der Waals surface area (Å²) in [5.74, 6) is -0.366. The van der Waals surface area contributed by atoms with E-state index in [2.05, 4.69) is 0 Å². The summed E-state index contributed by atoms with van der Waals surface area (Å²) in [7, 11) is -11.4. The maximum absolute atomic E-state index is 13.0. The molecular weight excluding hydrogens is 480 g/mol. The van der Waals surface area contributed by atoms with Crippen LogP contribution in [0.15, 0.2) is 32.9 Å². The molecule has 0 heterocycles. The van der Waals surface area contributed by atoms with E-state index in [1.54, 1.807) is 0 Å². The first-order valence-electron chi connectivity index (χ1n) is 12.3. The number of rotatable bonds is 18. The fourth-order valence-corrected chi connectivity index (χ4v) is 8.12. The van der Waals surface area contributed by atoms with Crippen molar-refractivity contribution in [3.63, 3.8) is 0 Å². The Balaban J connectivity index is 3.33. The van der Waals surface area contributed by atoms with Gasteiger partial charge in [-0.05, 0) is 37.5 Å². The third-order valence-electron chi connectivity index (χ3n) is 5.73. The lowest BCUT2D eigenvalue weighted by molar-refractivity contribution is 0.584. The van der Waals surface area contributed by atoms with Gasteiger partial charge >= 0.3 is 0 Å². The van der Waals surface area contributed by atoms with Crippen LogP contribution in [0.3, 0.4) is 0 Å². The first-order chi connectivity index (χ1) is 15.5. The Bertz CT molecular complexity index is 880. The molecule has 6 nitrogen and oxygen atoms in total. The molecule has 0 radical (unpaired) electrons. The van der Waals surface area contributed by atoms with Crippen LogP contribution in [-0.4, -0.2) is 42.5 Å². The van der Waals surface area contributed by atoms with E-state index in [-0.39, 0.29) is 31.9 Å². The lowest BCUT2D eigenvalue weighted by Gasteiger charge is -2.12. The second-order valence-electron chi connectivity index (χ2n) is 8.78. The maximum Gasteiger partial charge on any atom is 0.178 e. The first-order valence-corrected chi connectivity index (χ1v) is 17.3. The Morgan fingerprint density at radius 3 is 0.879 bits per heavy atom. The summed E-state index contributed by atoms with van der Waals surface area (Å²) in [6.45, 7) is 6.09.